The molecule has 1 atom stereocenters. The molecule has 2 rings (SSSR count). The number of nitrogens with zero attached hydrogens (tertiary/aromatic N) is 1. The quantitative estimate of drug-likeness (QED) is 0.627. The van der Waals surface area contributed by atoms with Gasteiger partial charge in [0.2, 0.25) is 0 Å². The van der Waals surface area contributed by atoms with Crippen LogP contribution >= 0.6 is 0 Å². The van der Waals surface area contributed by atoms with Crippen LogP contribution in [-0.2, 0) is 14.3 Å². The number of hydrogen-bond acceptors (Lipinski definition) is 4. The molecule has 0 heterocycles. The van der Waals surface area contributed by atoms with Crippen molar-refractivity contribution in [2.75, 3.05) is 52.8 Å². The highest BCUT2D eigenvalue weighted by Crippen LogP contribution is 2.20. The number of allylic oxidation sites excluding steroid dienone is 2. The molecule has 1 unspecified atom stereocenters. The molecule has 7 heteroatoms. The number of likely N-dealkylation sites (N-methyl/N-ethyl adjacent to an activating group) is 1. The summed E-state index contributed by atoms with van der Waals surface area (Å²) in [5, 5.41) is 2.85. The zero-order valence-corrected chi connectivity index (χ0v) is 17.1. The molecular weight excluding hydrogens is 358 g/mol. The van der Waals surface area contributed by atoms with E-state index in [1.807, 2.05) is 11.9 Å². The first kappa shape index (κ1) is 21.9. The van der Waals surface area contributed by atoms with Gasteiger partial charge in [0.25, 0.3) is 11.8 Å². The lowest BCUT2D eigenvalue weighted by molar-refractivity contribution is -0.862. The Morgan fingerprint density at radius 1 is 1.14 bits per heavy atom. The summed E-state index contributed by atoms with van der Waals surface area (Å²) in [6.45, 7) is 1.53. The van der Waals surface area contributed by atoms with Crippen LogP contribution < -0.4 is 15.0 Å². The number of benzene rings is 1. The maximum atomic E-state index is 12.8. The van der Waals surface area contributed by atoms with Gasteiger partial charge < -0.3 is 24.6 Å². The van der Waals surface area contributed by atoms with Gasteiger partial charge >= 0.3 is 0 Å². The van der Waals surface area contributed by atoms with Crippen LogP contribution in [0.4, 0.5) is 5.69 Å². The Labute approximate surface area is 167 Å². The maximum Gasteiger partial charge on any atom is 0.281 e. The second kappa shape index (κ2) is 11.5. The Morgan fingerprint density at radius 3 is 2.50 bits per heavy atom. The molecule has 1 aliphatic carbocycles. The van der Waals surface area contributed by atoms with Gasteiger partial charge in [-0.2, -0.15) is 0 Å². The van der Waals surface area contributed by atoms with E-state index >= 15 is 0 Å². The van der Waals surface area contributed by atoms with Crippen LogP contribution in [0, 0.1) is 0 Å². The van der Waals surface area contributed by atoms with E-state index in [4.69, 9.17) is 9.47 Å². The Bertz CT molecular complexity index is 673. The van der Waals surface area contributed by atoms with E-state index in [1.165, 1.54) is 6.42 Å². The molecule has 7 nitrogen and oxygen atoms in total. The summed E-state index contributed by atoms with van der Waals surface area (Å²) in [5.74, 6) is 0.634. The number of nitrogens with one attached hydrogen (secondary N) is 2. The van der Waals surface area contributed by atoms with Gasteiger partial charge in [0, 0.05) is 25.0 Å². The predicted molar refractivity (Wildman–Crippen MR) is 108 cm³/mol. The molecule has 0 radical (unpaired) electrons. The molecule has 0 bridgehead atoms. The molecule has 1 aromatic carbocycles. The lowest BCUT2D eigenvalue weighted by atomic mass is 10.0. The van der Waals surface area contributed by atoms with Gasteiger partial charge in [-0.25, -0.2) is 0 Å². The number of carbonyl (C=O) groups excluding carboxylic acids is 2. The number of anilines is 1. The van der Waals surface area contributed by atoms with E-state index in [0.29, 0.717) is 18.8 Å². The van der Waals surface area contributed by atoms with Gasteiger partial charge in [0.15, 0.2) is 13.1 Å². The molecule has 0 fully saturated rings. The van der Waals surface area contributed by atoms with E-state index in [-0.39, 0.29) is 24.9 Å². The number of carbonyl (C=O) groups is 2. The smallest absolute Gasteiger partial charge is 0.281 e. The highest BCUT2D eigenvalue weighted by Gasteiger charge is 2.23. The van der Waals surface area contributed by atoms with Crippen LogP contribution in [0.25, 0.3) is 0 Å². The van der Waals surface area contributed by atoms with E-state index in [0.717, 1.165) is 35.6 Å². The number of methoxy groups -OCH3 is 2. The average molecular weight is 391 g/mol. The molecular formula is C21H32N3O4+. The summed E-state index contributed by atoms with van der Waals surface area (Å²) in [6.07, 6.45) is 6.37. The van der Waals surface area contributed by atoms with E-state index in [1.54, 1.807) is 38.5 Å². The zero-order valence-electron chi connectivity index (χ0n) is 17.1. The number of hydrogen-bond donors (Lipinski definition) is 2. The van der Waals surface area contributed by atoms with Crippen LogP contribution in [0.15, 0.2) is 36.0 Å². The SMILES string of the molecule is COCCN(C(=O)C[NH+](C)CC(=O)Nc1ccc(OC)cc1)C1=CCCCC1. The normalized spacial score (nSPS) is 14.8. The maximum absolute atomic E-state index is 12.8. The molecule has 0 saturated heterocycles. The topological polar surface area (TPSA) is 72.3 Å². The van der Waals surface area contributed by atoms with Crippen LogP contribution in [0.1, 0.15) is 25.7 Å². The molecule has 0 saturated carbocycles. The fourth-order valence-corrected chi connectivity index (χ4v) is 3.25. The van der Waals surface area contributed by atoms with E-state index < -0.39 is 0 Å². The van der Waals surface area contributed by atoms with E-state index in [2.05, 4.69) is 11.4 Å². The third-order valence-corrected chi connectivity index (χ3v) is 4.72. The van der Waals surface area contributed by atoms with Gasteiger partial charge in [0.05, 0.1) is 20.8 Å². The molecule has 0 spiro atoms. The lowest BCUT2D eigenvalue weighted by Crippen LogP contribution is -3.11. The Morgan fingerprint density at radius 2 is 1.89 bits per heavy atom. The van der Waals surface area contributed by atoms with Gasteiger partial charge in [-0.3, -0.25) is 9.59 Å². The zero-order chi connectivity index (χ0) is 20.4. The largest absolute Gasteiger partial charge is 0.497 e. The Kier molecular flexibility index (Phi) is 8.97. The highest BCUT2D eigenvalue weighted by atomic mass is 16.5. The standard InChI is InChI=1S/C21H31N3O4/c1-23(15-20(25)22-17-9-11-19(28-3)12-10-17)16-21(26)24(13-14-27-2)18-7-5-4-6-8-18/h7,9-12H,4-6,8,13-16H2,1-3H3,(H,22,25)/p+1. The molecule has 2 N–H and O–H groups in total. The average Bonchev–Trinajstić information content (AvgIpc) is 2.69. The molecule has 154 valence electrons. The van der Waals surface area contributed by atoms with Crippen LogP contribution in [0.5, 0.6) is 5.75 Å². The predicted octanol–water partition coefficient (Wildman–Crippen LogP) is 1.08. The van der Waals surface area contributed by atoms with Crippen LogP contribution in [0.2, 0.25) is 0 Å². The third-order valence-electron chi connectivity index (χ3n) is 4.72. The molecule has 2 amide bonds. The molecule has 0 aromatic heterocycles. The minimum Gasteiger partial charge on any atom is -0.497 e. The summed E-state index contributed by atoms with van der Waals surface area (Å²) < 4.78 is 10.3. The lowest BCUT2D eigenvalue weighted by Gasteiger charge is -2.28. The first-order valence-corrected chi connectivity index (χ1v) is 9.77. The second-order valence-corrected chi connectivity index (χ2v) is 7.07. The molecule has 1 aliphatic rings. The van der Waals surface area contributed by atoms with Gasteiger partial charge in [-0.05, 0) is 49.9 Å². The van der Waals surface area contributed by atoms with Crippen molar-refractivity contribution in [2.24, 2.45) is 0 Å². The molecule has 28 heavy (non-hydrogen) atoms. The molecule has 0 aliphatic heterocycles. The van der Waals surface area contributed by atoms with Crippen molar-refractivity contribution in [3.05, 3.63) is 36.0 Å². The van der Waals surface area contributed by atoms with Crippen molar-refractivity contribution in [2.45, 2.75) is 25.7 Å². The number of amides is 2. The molecule has 1 aromatic rings. The van der Waals surface area contributed by atoms with Crippen molar-refractivity contribution < 1.29 is 24.0 Å². The summed E-state index contributed by atoms with van der Waals surface area (Å²) in [4.78, 5) is 27.8. The fourth-order valence-electron chi connectivity index (χ4n) is 3.25. The second-order valence-electron chi connectivity index (χ2n) is 7.07. The Balaban J connectivity index is 1.87. The van der Waals surface area contributed by atoms with Crippen molar-refractivity contribution in [1.29, 1.82) is 0 Å². The van der Waals surface area contributed by atoms with Gasteiger partial charge in [-0.1, -0.05) is 6.08 Å². The summed E-state index contributed by atoms with van der Waals surface area (Å²) in [5.41, 5.74) is 1.79. The minimum atomic E-state index is -0.129. The van der Waals surface area contributed by atoms with Crippen LogP contribution in [-0.4, -0.2) is 64.2 Å². The third kappa shape index (κ3) is 6.98. The Hall–Kier alpha value is -2.38. The highest BCUT2D eigenvalue weighted by molar-refractivity contribution is 5.91. The summed E-state index contributed by atoms with van der Waals surface area (Å²) >= 11 is 0. The fraction of sp³-hybridized carbons (Fsp3) is 0.524. The van der Waals surface area contributed by atoms with Gasteiger partial charge in [0.1, 0.15) is 5.75 Å². The van der Waals surface area contributed by atoms with E-state index in [9.17, 15) is 9.59 Å². The van der Waals surface area contributed by atoms with Gasteiger partial charge in [-0.15, -0.1) is 0 Å². The van der Waals surface area contributed by atoms with Crippen molar-refractivity contribution in [1.82, 2.24) is 4.90 Å². The number of quaternary nitrogens is 1. The summed E-state index contributed by atoms with van der Waals surface area (Å²) in [7, 11) is 5.09. The summed E-state index contributed by atoms with van der Waals surface area (Å²) in [6, 6.07) is 7.17. The van der Waals surface area contributed by atoms with Crippen LogP contribution in [0.3, 0.4) is 0 Å². The van der Waals surface area contributed by atoms with Crippen molar-refractivity contribution >= 4 is 17.5 Å². The van der Waals surface area contributed by atoms with Crippen molar-refractivity contribution in [3.63, 3.8) is 0 Å². The monoisotopic (exact) mass is 390 g/mol. The first-order valence-electron chi connectivity index (χ1n) is 9.77. The minimum absolute atomic E-state index is 0.0277. The first-order chi connectivity index (χ1) is 13.5. The van der Waals surface area contributed by atoms with Crippen molar-refractivity contribution in [3.8, 4) is 5.75 Å². The number of ether oxygens (including phenoxy) is 2. The number of rotatable bonds is 10.